The van der Waals surface area contributed by atoms with E-state index in [1.807, 2.05) is 19.2 Å². The molecule has 1 unspecified atom stereocenters. The summed E-state index contributed by atoms with van der Waals surface area (Å²) in [5, 5.41) is 4.06. The summed E-state index contributed by atoms with van der Waals surface area (Å²) in [7, 11) is 1.95. The lowest BCUT2D eigenvalue weighted by atomic mass is 9.82. The van der Waals surface area contributed by atoms with Crippen molar-refractivity contribution in [2.24, 2.45) is 5.41 Å². The van der Waals surface area contributed by atoms with Gasteiger partial charge in [-0.15, -0.1) is 0 Å². The third kappa shape index (κ3) is 3.15. The van der Waals surface area contributed by atoms with E-state index >= 15 is 0 Å². The molecule has 0 saturated carbocycles. The molecular formula is C15H22ClNO2. The van der Waals surface area contributed by atoms with E-state index in [-0.39, 0.29) is 11.5 Å². The van der Waals surface area contributed by atoms with E-state index in [0.717, 1.165) is 28.5 Å². The average molecular weight is 284 g/mol. The van der Waals surface area contributed by atoms with Gasteiger partial charge < -0.3 is 14.8 Å². The lowest BCUT2D eigenvalue weighted by Gasteiger charge is -2.31. The summed E-state index contributed by atoms with van der Waals surface area (Å²) < 4.78 is 11.4. The highest BCUT2D eigenvalue weighted by atomic mass is 35.5. The molecule has 0 aromatic heterocycles. The van der Waals surface area contributed by atoms with Crippen molar-refractivity contribution in [3.05, 3.63) is 22.7 Å². The minimum Gasteiger partial charge on any atom is -0.490 e. The Hall–Kier alpha value is -0.930. The van der Waals surface area contributed by atoms with Crippen LogP contribution in [-0.4, -0.2) is 20.3 Å². The molecule has 19 heavy (non-hydrogen) atoms. The average Bonchev–Trinajstić information content (AvgIpc) is 2.53. The van der Waals surface area contributed by atoms with E-state index in [1.54, 1.807) is 0 Å². The summed E-state index contributed by atoms with van der Waals surface area (Å²) in [4.78, 5) is 0. The molecule has 0 aliphatic carbocycles. The minimum atomic E-state index is 0.0677. The van der Waals surface area contributed by atoms with Crippen LogP contribution < -0.4 is 14.8 Å². The van der Waals surface area contributed by atoms with Crippen molar-refractivity contribution in [3.63, 3.8) is 0 Å². The lowest BCUT2D eigenvalue weighted by molar-refractivity contribution is 0.284. The van der Waals surface area contributed by atoms with E-state index in [0.29, 0.717) is 13.2 Å². The van der Waals surface area contributed by atoms with Crippen LogP contribution in [-0.2, 0) is 0 Å². The highest BCUT2D eigenvalue weighted by molar-refractivity contribution is 6.31. The van der Waals surface area contributed by atoms with E-state index in [4.69, 9.17) is 21.1 Å². The standard InChI is InChI=1S/C15H22ClNO2/c1-15(2,3)14(17-4)10-8-12-13(9-11(10)16)19-7-5-6-18-12/h8-9,14,17H,5-7H2,1-4H3. The zero-order chi connectivity index (χ0) is 14.0. The van der Waals surface area contributed by atoms with Crippen molar-refractivity contribution >= 4 is 11.6 Å². The first kappa shape index (κ1) is 14.5. The van der Waals surface area contributed by atoms with Crippen molar-refractivity contribution < 1.29 is 9.47 Å². The van der Waals surface area contributed by atoms with Gasteiger partial charge in [0.2, 0.25) is 0 Å². The van der Waals surface area contributed by atoms with Gasteiger partial charge in [-0.3, -0.25) is 0 Å². The summed E-state index contributed by atoms with van der Waals surface area (Å²) in [6.07, 6.45) is 0.899. The van der Waals surface area contributed by atoms with Crippen molar-refractivity contribution in [3.8, 4) is 11.5 Å². The molecule has 0 saturated heterocycles. The summed E-state index contributed by atoms with van der Waals surface area (Å²) >= 11 is 6.42. The second-order valence-corrected chi connectivity index (χ2v) is 6.37. The maximum absolute atomic E-state index is 6.42. The van der Waals surface area contributed by atoms with Gasteiger partial charge >= 0.3 is 0 Å². The summed E-state index contributed by atoms with van der Waals surface area (Å²) in [5.74, 6) is 1.54. The predicted molar refractivity (Wildman–Crippen MR) is 78.3 cm³/mol. The van der Waals surface area contributed by atoms with Gasteiger partial charge in [0.1, 0.15) is 0 Å². The molecule has 1 aromatic rings. The van der Waals surface area contributed by atoms with Crippen molar-refractivity contribution in [1.29, 1.82) is 0 Å². The van der Waals surface area contributed by atoms with E-state index in [9.17, 15) is 0 Å². The van der Waals surface area contributed by atoms with Crippen LogP contribution in [0.1, 0.15) is 38.8 Å². The van der Waals surface area contributed by atoms with Crippen LogP contribution in [0.4, 0.5) is 0 Å². The first-order valence-electron chi connectivity index (χ1n) is 6.70. The molecule has 1 aliphatic heterocycles. The van der Waals surface area contributed by atoms with Crippen LogP contribution in [0, 0.1) is 5.41 Å². The van der Waals surface area contributed by atoms with Gasteiger partial charge in [0, 0.05) is 23.6 Å². The summed E-state index contributed by atoms with van der Waals surface area (Å²) in [6.45, 7) is 7.93. The summed E-state index contributed by atoms with van der Waals surface area (Å²) in [5.41, 5.74) is 1.12. The topological polar surface area (TPSA) is 30.5 Å². The third-order valence-electron chi connectivity index (χ3n) is 3.33. The number of hydrogen-bond donors (Lipinski definition) is 1. The molecule has 0 radical (unpaired) electrons. The van der Waals surface area contributed by atoms with Gasteiger partial charge in [0.15, 0.2) is 11.5 Å². The molecule has 2 rings (SSSR count). The zero-order valence-corrected chi connectivity index (χ0v) is 12.8. The number of hydrogen-bond acceptors (Lipinski definition) is 3. The lowest BCUT2D eigenvalue weighted by Crippen LogP contribution is -2.29. The Bertz CT molecular complexity index is 454. The second kappa shape index (κ2) is 5.59. The SMILES string of the molecule is CNC(c1cc2c(cc1Cl)OCCCO2)C(C)(C)C. The number of fused-ring (bicyclic) bond motifs is 1. The van der Waals surface area contributed by atoms with Crippen LogP contribution in [0.2, 0.25) is 5.02 Å². The molecule has 106 valence electrons. The number of ether oxygens (including phenoxy) is 2. The van der Waals surface area contributed by atoms with E-state index in [1.165, 1.54) is 0 Å². The van der Waals surface area contributed by atoms with E-state index < -0.39 is 0 Å². The molecule has 1 N–H and O–H groups in total. The second-order valence-electron chi connectivity index (χ2n) is 5.96. The van der Waals surface area contributed by atoms with Crippen LogP contribution in [0.15, 0.2) is 12.1 Å². The Kier molecular flexibility index (Phi) is 4.26. The van der Waals surface area contributed by atoms with Crippen molar-refractivity contribution in [1.82, 2.24) is 5.32 Å². The molecule has 1 aliphatic rings. The van der Waals surface area contributed by atoms with Crippen LogP contribution in [0.5, 0.6) is 11.5 Å². The van der Waals surface area contributed by atoms with Gasteiger partial charge in [-0.25, -0.2) is 0 Å². The zero-order valence-electron chi connectivity index (χ0n) is 12.0. The van der Waals surface area contributed by atoms with Crippen molar-refractivity contribution in [2.45, 2.75) is 33.2 Å². The maximum atomic E-state index is 6.42. The van der Waals surface area contributed by atoms with Crippen molar-refractivity contribution in [2.75, 3.05) is 20.3 Å². The maximum Gasteiger partial charge on any atom is 0.162 e. The van der Waals surface area contributed by atoms with Crippen LogP contribution >= 0.6 is 11.6 Å². The highest BCUT2D eigenvalue weighted by Gasteiger charge is 2.28. The van der Waals surface area contributed by atoms with Crippen LogP contribution in [0.25, 0.3) is 0 Å². The quantitative estimate of drug-likeness (QED) is 0.895. The molecule has 4 heteroatoms. The number of benzene rings is 1. The first-order valence-corrected chi connectivity index (χ1v) is 7.07. The van der Waals surface area contributed by atoms with Gasteiger partial charge in [0.05, 0.1) is 13.2 Å². The fourth-order valence-electron chi connectivity index (χ4n) is 2.48. The van der Waals surface area contributed by atoms with Crippen LogP contribution in [0.3, 0.4) is 0 Å². The Morgan fingerprint density at radius 1 is 1.16 bits per heavy atom. The number of halogens is 1. The monoisotopic (exact) mass is 283 g/mol. The van der Waals surface area contributed by atoms with Gasteiger partial charge in [-0.1, -0.05) is 32.4 Å². The molecule has 1 aromatic carbocycles. The Labute approximate surface area is 120 Å². The number of nitrogens with one attached hydrogen (secondary N) is 1. The third-order valence-corrected chi connectivity index (χ3v) is 3.66. The molecule has 3 nitrogen and oxygen atoms in total. The first-order chi connectivity index (χ1) is 8.93. The fourth-order valence-corrected chi connectivity index (χ4v) is 2.74. The smallest absolute Gasteiger partial charge is 0.162 e. The Balaban J connectivity index is 2.43. The van der Waals surface area contributed by atoms with Gasteiger partial charge in [-0.2, -0.15) is 0 Å². The van der Waals surface area contributed by atoms with E-state index in [2.05, 4.69) is 26.1 Å². The largest absolute Gasteiger partial charge is 0.490 e. The molecule has 1 heterocycles. The molecule has 0 fully saturated rings. The Morgan fingerprint density at radius 2 is 1.74 bits per heavy atom. The molecule has 0 bridgehead atoms. The van der Waals surface area contributed by atoms with Gasteiger partial charge in [-0.05, 0) is 24.1 Å². The number of rotatable bonds is 2. The molecule has 0 spiro atoms. The minimum absolute atomic E-state index is 0.0677. The Morgan fingerprint density at radius 3 is 2.26 bits per heavy atom. The molecular weight excluding hydrogens is 262 g/mol. The predicted octanol–water partition coefficient (Wildman–Crippen LogP) is 3.81. The normalized spacial score (nSPS) is 16.9. The summed E-state index contributed by atoms with van der Waals surface area (Å²) in [6, 6.07) is 4.04. The highest BCUT2D eigenvalue weighted by Crippen LogP contribution is 2.42. The van der Waals surface area contributed by atoms with Gasteiger partial charge in [0.25, 0.3) is 0 Å². The fraction of sp³-hybridized carbons (Fsp3) is 0.600. The molecule has 1 atom stereocenters. The molecule has 0 amide bonds.